The summed E-state index contributed by atoms with van der Waals surface area (Å²) in [7, 11) is 1.19. The van der Waals surface area contributed by atoms with Gasteiger partial charge in [0.05, 0.1) is 12.7 Å². The maximum atomic E-state index is 12.0. The number of aromatic nitrogens is 1. The first-order valence-electron chi connectivity index (χ1n) is 6.12. The van der Waals surface area contributed by atoms with Gasteiger partial charge in [-0.25, -0.2) is 9.78 Å². The molecule has 0 aliphatic carbocycles. The van der Waals surface area contributed by atoms with Crippen molar-refractivity contribution < 1.29 is 32.2 Å². The van der Waals surface area contributed by atoms with Gasteiger partial charge in [-0.2, -0.15) is 13.2 Å². The predicted octanol–water partition coefficient (Wildman–Crippen LogP) is 1.70. The fourth-order valence-electron chi connectivity index (χ4n) is 1.42. The summed E-state index contributed by atoms with van der Waals surface area (Å²) >= 11 is 0. The molecule has 1 N–H and O–H groups in total. The number of esters is 1. The van der Waals surface area contributed by atoms with Crippen LogP contribution in [0.1, 0.15) is 24.2 Å². The Morgan fingerprint density at radius 2 is 1.91 bits per heavy atom. The highest BCUT2D eigenvalue weighted by molar-refractivity contribution is 5.97. The number of carbonyl (C=O) groups is 2. The third kappa shape index (κ3) is 5.23. The fourth-order valence-corrected chi connectivity index (χ4v) is 1.42. The molecule has 0 spiro atoms. The van der Waals surface area contributed by atoms with Crippen molar-refractivity contribution in [3.8, 4) is 5.88 Å². The van der Waals surface area contributed by atoms with Crippen LogP contribution in [0.5, 0.6) is 5.88 Å². The average Bonchev–Trinajstić information content (AvgIpc) is 2.43. The Balaban J connectivity index is 2.70. The van der Waals surface area contributed by atoms with E-state index in [9.17, 15) is 22.8 Å². The summed E-state index contributed by atoms with van der Waals surface area (Å²) in [6.07, 6.45) is -3.42. The molecule has 0 unspecified atom stereocenters. The van der Waals surface area contributed by atoms with Crippen molar-refractivity contribution in [2.75, 3.05) is 13.7 Å². The second kappa shape index (κ2) is 6.63. The molecular weight excluding hydrogens is 305 g/mol. The summed E-state index contributed by atoms with van der Waals surface area (Å²) < 4.78 is 44.9. The summed E-state index contributed by atoms with van der Waals surface area (Å²) in [4.78, 5) is 27.0. The fraction of sp³-hybridized carbons (Fsp3) is 0.462. The lowest BCUT2D eigenvalue weighted by molar-refractivity contribution is -0.154. The molecular formula is C13H15F3N2O4. The molecule has 1 aromatic heterocycles. The second-order valence-electron chi connectivity index (χ2n) is 4.86. The third-order valence-electron chi connectivity index (χ3n) is 2.50. The number of nitrogens with zero attached hydrogens (tertiary/aromatic N) is 1. The first-order chi connectivity index (χ1) is 10.0. The minimum Gasteiger partial charge on any atom is -0.468 e. The van der Waals surface area contributed by atoms with Crippen molar-refractivity contribution in [1.29, 1.82) is 0 Å². The first-order valence-corrected chi connectivity index (χ1v) is 6.12. The number of hydrogen-bond acceptors (Lipinski definition) is 5. The number of amides is 1. The number of halogens is 3. The highest BCUT2D eigenvalue weighted by Crippen LogP contribution is 2.17. The van der Waals surface area contributed by atoms with E-state index in [4.69, 9.17) is 0 Å². The monoisotopic (exact) mass is 320 g/mol. The molecule has 0 aliphatic rings. The number of rotatable bonds is 5. The van der Waals surface area contributed by atoms with E-state index >= 15 is 0 Å². The molecule has 1 rings (SSSR count). The van der Waals surface area contributed by atoms with Gasteiger partial charge in [0.1, 0.15) is 5.54 Å². The van der Waals surface area contributed by atoms with Gasteiger partial charge in [-0.3, -0.25) is 4.79 Å². The number of methoxy groups -OCH3 is 1. The van der Waals surface area contributed by atoms with Crippen LogP contribution in [0.3, 0.4) is 0 Å². The zero-order chi connectivity index (χ0) is 17.0. The van der Waals surface area contributed by atoms with Crippen LogP contribution in [-0.4, -0.2) is 42.3 Å². The molecule has 0 saturated heterocycles. The van der Waals surface area contributed by atoms with E-state index in [-0.39, 0.29) is 11.4 Å². The molecule has 1 amide bonds. The standard InChI is InChI=1S/C13H15F3N2O4/c1-12(2,11(20)21-3)18-10(19)8-4-5-9(17-6-8)22-7-13(14,15)16/h4-6H,7H2,1-3H3,(H,18,19). The minimum atomic E-state index is -4.47. The SMILES string of the molecule is COC(=O)C(C)(C)NC(=O)c1ccc(OCC(F)(F)F)nc1. The summed E-state index contributed by atoms with van der Waals surface area (Å²) in [6.45, 7) is 1.43. The van der Waals surface area contributed by atoms with E-state index in [2.05, 4.69) is 19.8 Å². The second-order valence-corrected chi connectivity index (χ2v) is 4.86. The van der Waals surface area contributed by atoms with Crippen molar-refractivity contribution >= 4 is 11.9 Å². The van der Waals surface area contributed by atoms with Gasteiger partial charge in [0.2, 0.25) is 5.88 Å². The summed E-state index contributed by atoms with van der Waals surface area (Å²) in [6, 6.07) is 2.37. The molecule has 0 saturated carbocycles. The number of alkyl halides is 3. The van der Waals surface area contributed by atoms with Gasteiger partial charge in [-0.05, 0) is 19.9 Å². The smallest absolute Gasteiger partial charge is 0.422 e. The Morgan fingerprint density at radius 3 is 2.36 bits per heavy atom. The molecule has 9 heteroatoms. The van der Waals surface area contributed by atoms with Crippen LogP contribution in [0, 0.1) is 0 Å². The van der Waals surface area contributed by atoms with Crippen LogP contribution < -0.4 is 10.1 Å². The van der Waals surface area contributed by atoms with Gasteiger partial charge in [-0.1, -0.05) is 0 Å². The maximum Gasteiger partial charge on any atom is 0.422 e. The van der Waals surface area contributed by atoms with Gasteiger partial charge in [0.25, 0.3) is 5.91 Å². The van der Waals surface area contributed by atoms with Crippen molar-refractivity contribution in [2.24, 2.45) is 0 Å². The predicted molar refractivity (Wildman–Crippen MR) is 69.3 cm³/mol. The van der Waals surface area contributed by atoms with Gasteiger partial charge < -0.3 is 14.8 Å². The van der Waals surface area contributed by atoms with Crippen LogP contribution in [0.25, 0.3) is 0 Å². The lowest BCUT2D eigenvalue weighted by atomic mass is 10.1. The van der Waals surface area contributed by atoms with Crippen LogP contribution in [0.4, 0.5) is 13.2 Å². The van der Waals surface area contributed by atoms with Crippen LogP contribution >= 0.6 is 0 Å². The first kappa shape index (κ1) is 17.7. The lowest BCUT2D eigenvalue weighted by Gasteiger charge is -2.22. The molecule has 22 heavy (non-hydrogen) atoms. The molecule has 122 valence electrons. The molecule has 0 aromatic carbocycles. The van der Waals surface area contributed by atoms with E-state index in [0.29, 0.717) is 0 Å². The molecule has 0 bridgehead atoms. The molecule has 0 fully saturated rings. The quantitative estimate of drug-likeness (QED) is 0.836. The third-order valence-corrected chi connectivity index (χ3v) is 2.50. The number of pyridine rings is 1. The van der Waals surface area contributed by atoms with Gasteiger partial charge >= 0.3 is 12.1 Å². The zero-order valence-electron chi connectivity index (χ0n) is 12.2. The Bertz CT molecular complexity index is 541. The van der Waals surface area contributed by atoms with E-state index in [1.54, 1.807) is 0 Å². The van der Waals surface area contributed by atoms with E-state index in [1.165, 1.54) is 27.0 Å². The van der Waals surface area contributed by atoms with Crippen molar-refractivity contribution in [3.05, 3.63) is 23.9 Å². The topological polar surface area (TPSA) is 77.5 Å². The zero-order valence-corrected chi connectivity index (χ0v) is 12.2. The Hall–Kier alpha value is -2.32. The van der Waals surface area contributed by atoms with E-state index < -0.39 is 30.2 Å². The largest absolute Gasteiger partial charge is 0.468 e. The lowest BCUT2D eigenvalue weighted by Crippen LogP contribution is -2.50. The summed E-state index contributed by atoms with van der Waals surface area (Å²) in [5, 5.41) is 2.42. The van der Waals surface area contributed by atoms with Gasteiger partial charge in [-0.15, -0.1) is 0 Å². The van der Waals surface area contributed by atoms with Gasteiger partial charge in [0, 0.05) is 12.3 Å². The molecule has 0 aliphatic heterocycles. The summed E-state index contributed by atoms with van der Waals surface area (Å²) in [5.74, 6) is -1.52. The number of nitrogens with one attached hydrogen (secondary N) is 1. The van der Waals surface area contributed by atoms with Crippen molar-refractivity contribution in [2.45, 2.75) is 25.6 Å². The number of ether oxygens (including phenoxy) is 2. The summed E-state index contributed by atoms with van der Waals surface area (Å²) in [5.41, 5.74) is -1.19. The van der Waals surface area contributed by atoms with Crippen molar-refractivity contribution in [1.82, 2.24) is 10.3 Å². The minimum absolute atomic E-state index is 0.0661. The van der Waals surface area contributed by atoms with Gasteiger partial charge in [0.15, 0.2) is 6.61 Å². The number of hydrogen-bond donors (Lipinski definition) is 1. The average molecular weight is 320 g/mol. The molecule has 6 nitrogen and oxygen atoms in total. The van der Waals surface area contributed by atoms with Crippen LogP contribution in [0.15, 0.2) is 18.3 Å². The molecule has 1 heterocycles. The van der Waals surface area contributed by atoms with E-state index in [1.807, 2.05) is 0 Å². The number of carbonyl (C=O) groups excluding carboxylic acids is 2. The van der Waals surface area contributed by atoms with E-state index in [0.717, 1.165) is 12.3 Å². The normalized spacial score (nSPS) is 11.7. The maximum absolute atomic E-state index is 12.0. The Kier molecular flexibility index (Phi) is 5.34. The highest BCUT2D eigenvalue weighted by atomic mass is 19.4. The Morgan fingerprint density at radius 1 is 1.27 bits per heavy atom. The highest BCUT2D eigenvalue weighted by Gasteiger charge is 2.31. The molecule has 1 aromatic rings. The molecule has 0 radical (unpaired) electrons. The van der Waals surface area contributed by atoms with Crippen LogP contribution in [-0.2, 0) is 9.53 Å². The van der Waals surface area contributed by atoms with Crippen molar-refractivity contribution in [3.63, 3.8) is 0 Å². The van der Waals surface area contributed by atoms with Crippen LogP contribution in [0.2, 0.25) is 0 Å². The molecule has 0 atom stereocenters. The Labute approximate surface area is 124 Å².